The lowest BCUT2D eigenvalue weighted by Gasteiger charge is -2.12. The zero-order chi connectivity index (χ0) is 8.48. The Kier molecular flexibility index (Phi) is 1.90. The Morgan fingerprint density at radius 2 is 2.18 bits per heavy atom. The minimum atomic E-state index is -0.263. The molecule has 1 saturated carbocycles. The summed E-state index contributed by atoms with van der Waals surface area (Å²) in [6.07, 6.45) is 1.95. The average molecular weight is 150 g/mol. The number of hydrogen-bond acceptors (Lipinski definition) is 1. The van der Waals surface area contributed by atoms with Crippen LogP contribution < -0.4 is 5.32 Å². The largest absolute Gasteiger partial charge is 0.319 e. The highest BCUT2D eigenvalue weighted by atomic mass is 15.2. The molecule has 0 amide bonds. The van der Waals surface area contributed by atoms with Crippen LogP contribution in [0.1, 0.15) is 26.7 Å². The summed E-state index contributed by atoms with van der Waals surface area (Å²) < 4.78 is 0. The summed E-state index contributed by atoms with van der Waals surface area (Å²) in [5.41, 5.74) is 0.722. The van der Waals surface area contributed by atoms with Crippen LogP contribution in [0, 0.1) is 12.5 Å². The molecule has 1 aliphatic carbocycles. The smallest absolute Gasteiger partial charge is 0.305 e. The number of rotatable bonds is 3. The molecular weight excluding hydrogens is 136 g/mol. The van der Waals surface area contributed by atoms with Gasteiger partial charge in [0.15, 0.2) is 0 Å². The first-order chi connectivity index (χ1) is 5.09. The van der Waals surface area contributed by atoms with Crippen molar-refractivity contribution in [2.45, 2.75) is 32.4 Å². The fourth-order valence-corrected chi connectivity index (χ4v) is 0.826. The first kappa shape index (κ1) is 8.13. The Morgan fingerprint density at radius 3 is 2.45 bits per heavy atom. The first-order valence-corrected chi connectivity index (χ1v) is 3.95. The minimum Gasteiger partial charge on any atom is -0.319 e. The maximum absolute atomic E-state index is 6.92. The van der Waals surface area contributed by atoms with E-state index in [4.69, 9.17) is 6.57 Å². The van der Waals surface area contributed by atoms with Gasteiger partial charge in [0.25, 0.3) is 0 Å². The van der Waals surface area contributed by atoms with Gasteiger partial charge in [0.05, 0.1) is 12.8 Å². The molecule has 0 bridgehead atoms. The minimum absolute atomic E-state index is 0.263. The van der Waals surface area contributed by atoms with Crippen LogP contribution in [-0.2, 0) is 0 Å². The molecule has 1 fully saturated rings. The van der Waals surface area contributed by atoms with E-state index in [0.29, 0.717) is 5.92 Å². The summed E-state index contributed by atoms with van der Waals surface area (Å²) in [6.45, 7) is 15.0. The molecule has 0 aromatic heterocycles. The monoisotopic (exact) mass is 150 g/mol. The van der Waals surface area contributed by atoms with E-state index in [9.17, 15) is 0 Å². The van der Waals surface area contributed by atoms with Gasteiger partial charge >= 0.3 is 5.66 Å². The van der Waals surface area contributed by atoms with Crippen LogP contribution in [0.4, 0.5) is 0 Å². The van der Waals surface area contributed by atoms with Crippen LogP contribution in [0.25, 0.3) is 4.85 Å². The fraction of sp³-hybridized carbons (Fsp3) is 0.667. The summed E-state index contributed by atoms with van der Waals surface area (Å²) in [4.78, 5) is 3.53. The van der Waals surface area contributed by atoms with Crippen molar-refractivity contribution in [2.75, 3.05) is 0 Å². The molecule has 0 aromatic rings. The first-order valence-electron chi connectivity index (χ1n) is 3.95. The van der Waals surface area contributed by atoms with Gasteiger partial charge in [0, 0.05) is 5.70 Å². The van der Waals surface area contributed by atoms with Crippen molar-refractivity contribution in [1.29, 1.82) is 0 Å². The van der Waals surface area contributed by atoms with E-state index in [2.05, 4.69) is 30.6 Å². The Hall–Kier alpha value is -0.970. The van der Waals surface area contributed by atoms with Crippen LogP contribution in [0.2, 0.25) is 0 Å². The van der Waals surface area contributed by atoms with Gasteiger partial charge in [-0.05, 0) is 5.92 Å². The number of allylic oxidation sites excluding steroid dienone is 1. The van der Waals surface area contributed by atoms with Gasteiger partial charge in [-0.2, -0.15) is 0 Å². The van der Waals surface area contributed by atoms with E-state index in [-0.39, 0.29) is 5.66 Å². The fourth-order valence-electron chi connectivity index (χ4n) is 0.826. The van der Waals surface area contributed by atoms with Crippen LogP contribution >= 0.6 is 0 Å². The zero-order valence-corrected chi connectivity index (χ0v) is 7.15. The standard InChI is InChI=1S/C9H14N2/c1-7(2)8(3)11-9(10-4)5-6-9/h7,11H,3,5-6H2,1-2H3. The van der Waals surface area contributed by atoms with Gasteiger partial charge in [-0.1, -0.05) is 20.4 Å². The normalized spacial score (nSPS) is 19.1. The lowest BCUT2D eigenvalue weighted by atomic mass is 10.1. The third-order valence-electron chi connectivity index (χ3n) is 2.03. The second-order valence-corrected chi connectivity index (χ2v) is 3.45. The van der Waals surface area contributed by atoms with Crippen LogP contribution in [0.3, 0.4) is 0 Å². The number of nitrogens with one attached hydrogen (secondary N) is 1. The topological polar surface area (TPSA) is 16.4 Å². The number of hydrogen-bond donors (Lipinski definition) is 1. The summed E-state index contributed by atoms with van der Waals surface area (Å²) in [5.74, 6) is 0.425. The quantitative estimate of drug-likeness (QED) is 0.610. The predicted octanol–water partition coefficient (Wildman–Crippen LogP) is 2.16. The van der Waals surface area contributed by atoms with Gasteiger partial charge in [-0.3, -0.25) is 4.85 Å². The highest BCUT2D eigenvalue weighted by molar-refractivity contribution is 5.15. The van der Waals surface area contributed by atoms with Crippen molar-refractivity contribution in [1.82, 2.24) is 5.32 Å². The molecule has 60 valence electrons. The van der Waals surface area contributed by atoms with Crippen molar-refractivity contribution in [3.8, 4) is 0 Å². The highest BCUT2D eigenvalue weighted by Crippen LogP contribution is 2.38. The molecule has 0 unspecified atom stereocenters. The van der Waals surface area contributed by atoms with E-state index in [1.54, 1.807) is 0 Å². The lowest BCUT2D eigenvalue weighted by Crippen LogP contribution is -2.28. The maximum atomic E-state index is 6.92. The van der Waals surface area contributed by atoms with E-state index in [0.717, 1.165) is 18.5 Å². The molecule has 0 aliphatic heterocycles. The van der Waals surface area contributed by atoms with Crippen molar-refractivity contribution < 1.29 is 0 Å². The molecule has 1 N–H and O–H groups in total. The van der Waals surface area contributed by atoms with Crippen molar-refractivity contribution in [2.24, 2.45) is 5.92 Å². The van der Waals surface area contributed by atoms with Crippen LogP contribution in [-0.4, -0.2) is 5.66 Å². The second kappa shape index (κ2) is 2.58. The molecule has 11 heavy (non-hydrogen) atoms. The molecule has 0 atom stereocenters. The van der Waals surface area contributed by atoms with E-state index >= 15 is 0 Å². The Labute approximate surface area is 68.1 Å². The second-order valence-electron chi connectivity index (χ2n) is 3.45. The van der Waals surface area contributed by atoms with Crippen LogP contribution in [0.15, 0.2) is 12.3 Å². The molecular formula is C9H14N2. The SMILES string of the molecule is [C-]#[N+]C1(NC(=C)C(C)C)CC1. The lowest BCUT2D eigenvalue weighted by molar-refractivity contribution is 0.587. The van der Waals surface area contributed by atoms with Crippen LogP contribution in [0.5, 0.6) is 0 Å². The number of nitrogens with zero attached hydrogens (tertiary/aromatic N) is 1. The third-order valence-corrected chi connectivity index (χ3v) is 2.03. The summed E-state index contributed by atoms with van der Waals surface area (Å²) in [7, 11) is 0. The summed E-state index contributed by atoms with van der Waals surface area (Å²) in [6, 6.07) is 0. The average Bonchev–Trinajstić information content (AvgIpc) is 2.69. The Balaban J connectivity index is 2.44. The molecule has 1 aliphatic rings. The zero-order valence-electron chi connectivity index (χ0n) is 7.15. The Morgan fingerprint density at radius 1 is 1.64 bits per heavy atom. The molecule has 0 heterocycles. The molecule has 2 nitrogen and oxygen atoms in total. The van der Waals surface area contributed by atoms with Gasteiger partial charge < -0.3 is 5.32 Å². The van der Waals surface area contributed by atoms with E-state index in [1.165, 1.54) is 0 Å². The molecule has 0 saturated heterocycles. The van der Waals surface area contributed by atoms with Gasteiger partial charge in [0.1, 0.15) is 0 Å². The van der Waals surface area contributed by atoms with Crippen molar-refractivity contribution in [3.05, 3.63) is 23.7 Å². The van der Waals surface area contributed by atoms with Crippen molar-refractivity contribution >= 4 is 0 Å². The van der Waals surface area contributed by atoms with Crippen molar-refractivity contribution in [3.63, 3.8) is 0 Å². The molecule has 1 rings (SSSR count). The van der Waals surface area contributed by atoms with E-state index < -0.39 is 0 Å². The van der Waals surface area contributed by atoms with Gasteiger partial charge in [0.2, 0.25) is 0 Å². The molecule has 2 heteroatoms. The predicted molar refractivity (Wildman–Crippen MR) is 45.7 cm³/mol. The molecule has 0 aromatic carbocycles. The Bertz CT molecular complexity index is 206. The molecule has 0 radical (unpaired) electrons. The maximum Gasteiger partial charge on any atom is 0.305 e. The van der Waals surface area contributed by atoms with E-state index in [1.807, 2.05) is 0 Å². The summed E-state index contributed by atoms with van der Waals surface area (Å²) in [5, 5.41) is 3.17. The molecule has 0 spiro atoms. The summed E-state index contributed by atoms with van der Waals surface area (Å²) >= 11 is 0. The highest BCUT2D eigenvalue weighted by Gasteiger charge is 2.51. The van der Waals surface area contributed by atoms with Gasteiger partial charge in [-0.15, -0.1) is 0 Å². The third kappa shape index (κ3) is 1.74. The van der Waals surface area contributed by atoms with Gasteiger partial charge in [-0.25, -0.2) is 6.57 Å².